The van der Waals surface area contributed by atoms with Gasteiger partial charge in [0.25, 0.3) is 0 Å². The van der Waals surface area contributed by atoms with Gasteiger partial charge in [0.05, 0.1) is 0 Å². The first-order chi connectivity index (χ1) is 8.30. The molecule has 1 rings (SSSR count). The maximum Gasteiger partial charge on any atom is 0.0202 e. The average molecular weight is 252 g/mol. The quantitative estimate of drug-likeness (QED) is 0.729. The van der Waals surface area contributed by atoms with Gasteiger partial charge in [0.15, 0.2) is 0 Å². The van der Waals surface area contributed by atoms with E-state index in [0.29, 0.717) is 11.5 Å². The standard InChI is InChI=1S/C16H32N2/c1-13(2)17-11-14(3)12-18(6)15-7-9-16(4,5)10-8-15/h13,15,17H,3,7-12H2,1-2,4-6H3. The molecule has 1 saturated carbocycles. The zero-order valence-electron chi connectivity index (χ0n) is 13.1. The Morgan fingerprint density at radius 3 is 2.39 bits per heavy atom. The molecule has 0 aromatic heterocycles. The van der Waals surface area contributed by atoms with Gasteiger partial charge >= 0.3 is 0 Å². The molecule has 1 aliphatic carbocycles. The van der Waals surface area contributed by atoms with Crippen LogP contribution in [0.2, 0.25) is 0 Å². The zero-order valence-corrected chi connectivity index (χ0v) is 13.1. The van der Waals surface area contributed by atoms with E-state index < -0.39 is 0 Å². The molecule has 0 spiro atoms. The van der Waals surface area contributed by atoms with Crippen molar-refractivity contribution in [1.82, 2.24) is 10.2 Å². The second kappa shape index (κ2) is 6.72. The van der Waals surface area contributed by atoms with Gasteiger partial charge in [0.1, 0.15) is 0 Å². The SMILES string of the molecule is C=C(CNC(C)C)CN(C)C1CCC(C)(C)CC1. The highest BCUT2D eigenvalue weighted by Crippen LogP contribution is 2.36. The smallest absolute Gasteiger partial charge is 0.0202 e. The lowest BCUT2D eigenvalue weighted by Gasteiger charge is -2.39. The molecule has 0 aromatic carbocycles. The second-order valence-electron chi connectivity index (χ2n) is 7.10. The van der Waals surface area contributed by atoms with Crippen molar-refractivity contribution >= 4 is 0 Å². The van der Waals surface area contributed by atoms with Gasteiger partial charge in [-0.15, -0.1) is 0 Å². The van der Waals surface area contributed by atoms with Crippen molar-refractivity contribution in [1.29, 1.82) is 0 Å². The van der Waals surface area contributed by atoms with Crippen LogP contribution in [-0.4, -0.2) is 37.1 Å². The van der Waals surface area contributed by atoms with E-state index >= 15 is 0 Å². The molecule has 0 bridgehead atoms. The van der Waals surface area contributed by atoms with Gasteiger partial charge in [-0.2, -0.15) is 0 Å². The van der Waals surface area contributed by atoms with E-state index in [1.165, 1.54) is 31.3 Å². The third-order valence-electron chi connectivity index (χ3n) is 4.17. The molecule has 0 amide bonds. The molecule has 0 unspecified atom stereocenters. The largest absolute Gasteiger partial charge is 0.311 e. The Hall–Kier alpha value is -0.340. The molecule has 2 heteroatoms. The van der Waals surface area contributed by atoms with Crippen LogP contribution in [0, 0.1) is 5.41 Å². The van der Waals surface area contributed by atoms with E-state index in [-0.39, 0.29) is 0 Å². The van der Waals surface area contributed by atoms with Crippen LogP contribution < -0.4 is 5.32 Å². The van der Waals surface area contributed by atoms with E-state index in [9.17, 15) is 0 Å². The maximum atomic E-state index is 4.19. The summed E-state index contributed by atoms with van der Waals surface area (Å²) in [6.07, 6.45) is 5.40. The topological polar surface area (TPSA) is 15.3 Å². The Kier molecular flexibility index (Phi) is 5.87. The van der Waals surface area contributed by atoms with Crippen molar-refractivity contribution < 1.29 is 0 Å². The molecule has 0 radical (unpaired) electrons. The van der Waals surface area contributed by atoms with E-state index in [1.807, 2.05) is 0 Å². The normalized spacial score (nSPS) is 20.6. The Labute approximate surface area is 114 Å². The predicted octanol–water partition coefficient (Wildman–Crippen LogP) is 3.44. The summed E-state index contributed by atoms with van der Waals surface area (Å²) in [6, 6.07) is 1.30. The fourth-order valence-corrected chi connectivity index (χ4v) is 2.71. The third kappa shape index (κ3) is 5.53. The molecule has 0 heterocycles. The van der Waals surface area contributed by atoms with Crippen molar-refractivity contribution in [2.24, 2.45) is 5.41 Å². The molecular formula is C16H32N2. The number of nitrogens with one attached hydrogen (secondary N) is 1. The average Bonchev–Trinajstić information content (AvgIpc) is 2.26. The van der Waals surface area contributed by atoms with Gasteiger partial charge in [-0.1, -0.05) is 34.3 Å². The van der Waals surface area contributed by atoms with E-state index in [0.717, 1.165) is 19.1 Å². The summed E-state index contributed by atoms with van der Waals surface area (Å²) in [5.41, 5.74) is 1.86. The Bertz CT molecular complexity index is 258. The van der Waals surface area contributed by atoms with Crippen LogP contribution in [0.5, 0.6) is 0 Å². The predicted molar refractivity (Wildman–Crippen MR) is 80.9 cm³/mol. The van der Waals surface area contributed by atoms with Crippen LogP contribution in [0.1, 0.15) is 53.4 Å². The van der Waals surface area contributed by atoms with Crippen molar-refractivity contribution in [2.75, 3.05) is 20.1 Å². The van der Waals surface area contributed by atoms with Crippen LogP contribution in [0.3, 0.4) is 0 Å². The molecular weight excluding hydrogens is 220 g/mol. The molecule has 1 N–H and O–H groups in total. The fraction of sp³-hybridized carbons (Fsp3) is 0.875. The minimum absolute atomic E-state index is 0.544. The number of hydrogen-bond donors (Lipinski definition) is 1. The number of rotatable bonds is 6. The van der Waals surface area contributed by atoms with Gasteiger partial charge in [0, 0.05) is 25.2 Å². The van der Waals surface area contributed by atoms with E-state index in [2.05, 4.69) is 51.5 Å². The summed E-state index contributed by atoms with van der Waals surface area (Å²) < 4.78 is 0. The van der Waals surface area contributed by atoms with Crippen LogP contribution >= 0.6 is 0 Å². The summed E-state index contributed by atoms with van der Waals surface area (Å²) >= 11 is 0. The highest BCUT2D eigenvalue weighted by atomic mass is 15.1. The zero-order chi connectivity index (χ0) is 13.8. The summed E-state index contributed by atoms with van der Waals surface area (Å²) in [7, 11) is 2.25. The Morgan fingerprint density at radius 2 is 1.89 bits per heavy atom. The van der Waals surface area contributed by atoms with Crippen molar-refractivity contribution in [3.05, 3.63) is 12.2 Å². The first-order valence-corrected chi connectivity index (χ1v) is 7.40. The number of likely N-dealkylation sites (N-methyl/N-ethyl adjacent to an activating group) is 1. The molecule has 2 nitrogen and oxygen atoms in total. The Balaban J connectivity index is 2.28. The molecule has 0 aliphatic heterocycles. The summed E-state index contributed by atoms with van der Waals surface area (Å²) in [4.78, 5) is 2.50. The lowest BCUT2D eigenvalue weighted by atomic mass is 9.75. The van der Waals surface area contributed by atoms with Crippen molar-refractivity contribution in [3.63, 3.8) is 0 Å². The molecule has 1 fully saturated rings. The third-order valence-corrected chi connectivity index (χ3v) is 4.17. The highest BCUT2D eigenvalue weighted by molar-refractivity contribution is 5.01. The van der Waals surface area contributed by atoms with Crippen LogP contribution in [0.15, 0.2) is 12.2 Å². The van der Waals surface area contributed by atoms with Gasteiger partial charge < -0.3 is 5.32 Å². The first-order valence-electron chi connectivity index (χ1n) is 7.40. The molecule has 1 aliphatic rings. The van der Waals surface area contributed by atoms with Gasteiger partial charge in [0.2, 0.25) is 0 Å². The van der Waals surface area contributed by atoms with Crippen molar-refractivity contribution in [2.45, 2.75) is 65.5 Å². The summed E-state index contributed by atoms with van der Waals surface area (Å²) in [5.74, 6) is 0. The van der Waals surface area contributed by atoms with E-state index in [1.54, 1.807) is 0 Å². The van der Waals surface area contributed by atoms with Gasteiger partial charge in [-0.25, -0.2) is 0 Å². The number of hydrogen-bond acceptors (Lipinski definition) is 2. The van der Waals surface area contributed by atoms with Crippen LogP contribution in [0.25, 0.3) is 0 Å². The summed E-state index contributed by atoms with van der Waals surface area (Å²) in [5, 5.41) is 3.44. The van der Waals surface area contributed by atoms with Crippen LogP contribution in [0.4, 0.5) is 0 Å². The van der Waals surface area contributed by atoms with Gasteiger partial charge in [-0.05, 0) is 43.7 Å². The minimum Gasteiger partial charge on any atom is -0.311 e. The second-order valence-corrected chi connectivity index (χ2v) is 7.10. The van der Waals surface area contributed by atoms with Crippen LogP contribution in [-0.2, 0) is 0 Å². The van der Waals surface area contributed by atoms with E-state index in [4.69, 9.17) is 0 Å². The lowest BCUT2D eigenvalue weighted by molar-refractivity contribution is 0.134. The molecule has 0 aromatic rings. The number of nitrogens with zero attached hydrogens (tertiary/aromatic N) is 1. The maximum absolute atomic E-state index is 4.19. The monoisotopic (exact) mass is 252 g/mol. The lowest BCUT2D eigenvalue weighted by Crippen LogP contribution is -2.39. The highest BCUT2D eigenvalue weighted by Gasteiger charge is 2.28. The molecule has 18 heavy (non-hydrogen) atoms. The fourth-order valence-electron chi connectivity index (χ4n) is 2.71. The summed E-state index contributed by atoms with van der Waals surface area (Å²) in [6.45, 7) is 15.3. The molecule has 0 atom stereocenters. The molecule has 106 valence electrons. The molecule has 0 saturated heterocycles. The van der Waals surface area contributed by atoms with Crippen molar-refractivity contribution in [3.8, 4) is 0 Å². The van der Waals surface area contributed by atoms with Gasteiger partial charge in [-0.3, -0.25) is 4.90 Å². The first kappa shape index (κ1) is 15.7. The Morgan fingerprint density at radius 1 is 1.33 bits per heavy atom. The minimum atomic E-state index is 0.544.